The molecule has 0 N–H and O–H groups in total. The molecule has 6 heteroatoms. The Morgan fingerprint density at radius 2 is 2.28 bits per heavy atom. The minimum Gasteiger partial charge on any atom is -0.294 e. The maximum Gasteiger partial charge on any atom is 0.170 e. The van der Waals surface area contributed by atoms with Crippen molar-refractivity contribution in [3.63, 3.8) is 0 Å². The number of pyridine rings is 1. The van der Waals surface area contributed by atoms with Gasteiger partial charge in [0.25, 0.3) is 0 Å². The normalized spacial score (nSPS) is 10.7. The van der Waals surface area contributed by atoms with Crippen molar-refractivity contribution in [1.29, 1.82) is 0 Å². The maximum absolute atomic E-state index is 12.2. The topological polar surface area (TPSA) is 47.8 Å². The zero-order chi connectivity index (χ0) is 13.3. The molecule has 0 radical (unpaired) electrons. The monoisotopic (exact) mass is 327 g/mol. The van der Waals surface area contributed by atoms with Gasteiger partial charge < -0.3 is 0 Å². The van der Waals surface area contributed by atoms with Crippen LogP contribution in [-0.4, -0.2) is 20.5 Å². The van der Waals surface area contributed by atoms with E-state index in [2.05, 4.69) is 26.0 Å². The van der Waals surface area contributed by atoms with Crippen molar-refractivity contribution in [2.45, 2.75) is 13.3 Å². The van der Waals surface area contributed by atoms with Crippen molar-refractivity contribution >= 4 is 33.3 Å². The van der Waals surface area contributed by atoms with Crippen LogP contribution in [-0.2, 0) is 13.5 Å². The van der Waals surface area contributed by atoms with E-state index >= 15 is 0 Å². The van der Waals surface area contributed by atoms with E-state index < -0.39 is 0 Å². The molecule has 0 bridgehead atoms. The van der Waals surface area contributed by atoms with Gasteiger partial charge in [-0.2, -0.15) is 5.10 Å². The second-order valence-corrected chi connectivity index (χ2v) is 5.13. The van der Waals surface area contributed by atoms with E-state index in [-0.39, 0.29) is 12.2 Å². The van der Waals surface area contributed by atoms with Gasteiger partial charge in [0, 0.05) is 25.0 Å². The lowest BCUT2D eigenvalue weighted by Crippen LogP contribution is -2.09. The highest BCUT2D eigenvalue weighted by Crippen LogP contribution is 2.23. The Morgan fingerprint density at radius 1 is 1.56 bits per heavy atom. The highest BCUT2D eigenvalue weighted by atomic mass is 79.9. The number of hydrogen-bond acceptors (Lipinski definition) is 3. The van der Waals surface area contributed by atoms with Crippen molar-refractivity contribution in [3.8, 4) is 0 Å². The van der Waals surface area contributed by atoms with Crippen LogP contribution in [0.2, 0.25) is 5.02 Å². The Kier molecular flexibility index (Phi) is 3.82. The first-order valence-electron chi connectivity index (χ1n) is 5.31. The summed E-state index contributed by atoms with van der Waals surface area (Å²) in [6, 6.07) is 1.63. The molecule has 0 unspecified atom stereocenters. The summed E-state index contributed by atoms with van der Waals surface area (Å²) in [6.07, 6.45) is 3.28. The first kappa shape index (κ1) is 13.2. The van der Waals surface area contributed by atoms with E-state index in [9.17, 15) is 4.79 Å². The molecule has 2 aromatic heterocycles. The molecular weight excluding hydrogens is 318 g/mol. The molecule has 0 saturated heterocycles. The maximum atomic E-state index is 12.2. The number of rotatable bonds is 3. The lowest BCUT2D eigenvalue weighted by Gasteiger charge is -2.04. The lowest BCUT2D eigenvalue weighted by atomic mass is 10.1. The molecule has 94 valence electrons. The summed E-state index contributed by atoms with van der Waals surface area (Å²) in [6.45, 7) is 1.89. The molecule has 0 spiro atoms. The molecule has 2 heterocycles. The van der Waals surface area contributed by atoms with Crippen molar-refractivity contribution in [1.82, 2.24) is 14.8 Å². The lowest BCUT2D eigenvalue weighted by molar-refractivity contribution is 0.0990. The van der Waals surface area contributed by atoms with Crippen LogP contribution in [0.3, 0.4) is 0 Å². The minimum absolute atomic E-state index is 0.0499. The number of halogens is 2. The number of aryl methyl sites for hydroxylation is 2. The Bertz CT molecular complexity index is 609. The van der Waals surface area contributed by atoms with E-state index in [1.54, 1.807) is 16.9 Å². The molecular formula is C12H11BrClN3O. The summed E-state index contributed by atoms with van der Waals surface area (Å²) in [7, 11) is 1.81. The summed E-state index contributed by atoms with van der Waals surface area (Å²) in [4.78, 5) is 16.0. The fourth-order valence-electron chi connectivity index (χ4n) is 1.72. The van der Waals surface area contributed by atoms with Gasteiger partial charge in [-0.05, 0) is 28.9 Å². The van der Waals surface area contributed by atoms with Crippen LogP contribution >= 0.6 is 27.5 Å². The van der Waals surface area contributed by atoms with Crippen LogP contribution in [0.5, 0.6) is 0 Å². The number of ketones is 1. The van der Waals surface area contributed by atoms with Crippen LogP contribution in [0.1, 0.15) is 21.7 Å². The van der Waals surface area contributed by atoms with E-state index in [4.69, 9.17) is 11.6 Å². The first-order chi connectivity index (χ1) is 8.50. The summed E-state index contributed by atoms with van der Waals surface area (Å²) in [5.74, 6) is -0.0499. The summed E-state index contributed by atoms with van der Waals surface area (Å²) in [5.41, 5.74) is 2.18. The standard InChI is InChI=1S/C12H11BrClN3O/c1-7-12(13)10(17(2)16-7)5-11(18)8-3-4-15-6-9(8)14/h3-4,6H,5H2,1-2H3. The molecule has 0 amide bonds. The third kappa shape index (κ3) is 2.47. The fraction of sp³-hybridized carbons (Fsp3) is 0.250. The van der Waals surface area contributed by atoms with Crippen molar-refractivity contribution < 1.29 is 4.79 Å². The average molecular weight is 329 g/mol. The molecule has 0 aliphatic heterocycles. The summed E-state index contributed by atoms with van der Waals surface area (Å²) < 4.78 is 2.57. The van der Waals surface area contributed by atoms with Gasteiger partial charge in [0.2, 0.25) is 0 Å². The van der Waals surface area contributed by atoms with Gasteiger partial charge in [0.15, 0.2) is 5.78 Å². The summed E-state index contributed by atoms with van der Waals surface area (Å²) in [5, 5.41) is 4.62. The number of aromatic nitrogens is 3. The van der Waals surface area contributed by atoms with Gasteiger partial charge in [-0.15, -0.1) is 0 Å². The number of Topliss-reactive ketones (excluding diaryl/α,β-unsaturated/α-hetero) is 1. The van der Waals surface area contributed by atoms with Crippen LogP contribution in [0.25, 0.3) is 0 Å². The molecule has 0 aliphatic carbocycles. The molecule has 0 atom stereocenters. The van der Waals surface area contributed by atoms with E-state index in [0.717, 1.165) is 15.9 Å². The number of nitrogens with zero attached hydrogens (tertiary/aromatic N) is 3. The van der Waals surface area contributed by atoms with Crippen LogP contribution in [0.15, 0.2) is 22.9 Å². The molecule has 2 rings (SSSR count). The molecule has 18 heavy (non-hydrogen) atoms. The Hall–Kier alpha value is -1.20. The van der Waals surface area contributed by atoms with Gasteiger partial charge in [-0.25, -0.2) is 0 Å². The Balaban J connectivity index is 2.30. The molecule has 0 fully saturated rings. The number of hydrogen-bond donors (Lipinski definition) is 0. The first-order valence-corrected chi connectivity index (χ1v) is 6.48. The van der Waals surface area contributed by atoms with Gasteiger partial charge in [-0.3, -0.25) is 14.5 Å². The largest absolute Gasteiger partial charge is 0.294 e. The highest BCUT2D eigenvalue weighted by molar-refractivity contribution is 9.10. The van der Waals surface area contributed by atoms with Crippen LogP contribution in [0, 0.1) is 6.92 Å². The van der Waals surface area contributed by atoms with E-state index in [0.29, 0.717) is 10.6 Å². The van der Waals surface area contributed by atoms with Crippen LogP contribution < -0.4 is 0 Å². The quantitative estimate of drug-likeness (QED) is 0.814. The zero-order valence-electron chi connectivity index (χ0n) is 9.94. The van der Waals surface area contributed by atoms with Crippen molar-refractivity contribution in [2.24, 2.45) is 7.05 Å². The average Bonchev–Trinajstić information content (AvgIpc) is 2.56. The van der Waals surface area contributed by atoms with E-state index in [1.807, 2.05) is 14.0 Å². The van der Waals surface area contributed by atoms with Gasteiger partial charge in [0.05, 0.1) is 27.3 Å². The van der Waals surface area contributed by atoms with Crippen LogP contribution in [0.4, 0.5) is 0 Å². The van der Waals surface area contributed by atoms with E-state index in [1.165, 1.54) is 6.20 Å². The molecule has 0 aromatic carbocycles. The smallest absolute Gasteiger partial charge is 0.170 e. The minimum atomic E-state index is -0.0499. The second kappa shape index (κ2) is 5.20. The van der Waals surface area contributed by atoms with Gasteiger partial charge in [-0.1, -0.05) is 11.6 Å². The second-order valence-electron chi connectivity index (χ2n) is 3.93. The molecule has 4 nitrogen and oxygen atoms in total. The molecule has 0 saturated carbocycles. The van der Waals surface area contributed by atoms with Crippen molar-refractivity contribution in [3.05, 3.63) is 44.9 Å². The predicted molar refractivity (Wildman–Crippen MR) is 72.9 cm³/mol. The Morgan fingerprint density at radius 3 is 2.83 bits per heavy atom. The molecule has 0 aliphatic rings. The predicted octanol–water partition coefficient (Wildman–Crippen LogP) is 2.96. The third-order valence-corrected chi connectivity index (χ3v) is 4.00. The summed E-state index contributed by atoms with van der Waals surface area (Å²) >= 11 is 9.39. The third-order valence-electron chi connectivity index (χ3n) is 2.66. The van der Waals surface area contributed by atoms with Crippen molar-refractivity contribution in [2.75, 3.05) is 0 Å². The Labute approximate surface area is 118 Å². The zero-order valence-corrected chi connectivity index (χ0v) is 12.3. The number of carbonyl (C=O) groups is 1. The molecule has 2 aromatic rings. The fourth-order valence-corrected chi connectivity index (χ4v) is 2.42. The van der Waals surface area contributed by atoms with Gasteiger partial charge in [0.1, 0.15) is 0 Å². The number of carbonyl (C=O) groups excluding carboxylic acids is 1. The SMILES string of the molecule is Cc1nn(C)c(CC(=O)c2ccncc2Cl)c1Br. The highest BCUT2D eigenvalue weighted by Gasteiger charge is 2.17. The van der Waals surface area contributed by atoms with Gasteiger partial charge >= 0.3 is 0 Å².